The van der Waals surface area contributed by atoms with Crippen molar-refractivity contribution in [3.8, 4) is 0 Å². The molecule has 0 aliphatic heterocycles. The predicted octanol–water partition coefficient (Wildman–Crippen LogP) is 2.83. The van der Waals surface area contributed by atoms with E-state index in [0.717, 1.165) is 24.2 Å². The smallest absolute Gasteiger partial charge is 0.0558 e. The van der Waals surface area contributed by atoms with E-state index in [1.165, 1.54) is 0 Å². The zero-order valence-electron chi connectivity index (χ0n) is 10.9. The molecule has 2 atom stereocenters. The van der Waals surface area contributed by atoms with E-state index in [0.29, 0.717) is 11.5 Å². The average Bonchev–Trinajstić information content (AvgIpc) is 2.39. The lowest BCUT2D eigenvalue weighted by atomic mass is 10.2. The van der Waals surface area contributed by atoms with Gasteiger partial charge in [-0.2, -0.15) is 11.8 Å². The third-order valence-electron chi connectivity index (χ3n) is 2.60. The Hall–Kier alpha value is -0.320. The van der Waals surface area contributed by atoms with Gasteiger partial charge in [0.15, 0.2) is 0 Å². The van der Waals surface area contributed by atoms with Crippen LogP contribution < -0.4 is 0 Å². The van der Waals surface area contributed by atoms with Gasteiger partial charge in [0.1, 0.15) is 0 Å². The van der Waals surface area contributed by atoms with Crippen molar-refractivity contribution in [1.29, 1.82) is 0 Å². The topological polar surface area (TPSA) is 37.3 Å². The summed E-state index contributed by atoms with van der Waals surface area (Å²) in [6.45, 7) is 2.27. The lowest BCUT2D eigenvalue weighted by molar-refractivity contribution is 0.301. The van der Waals surface area contributed by atoms with Gasteiger partial charge in [-0.05, 0) is 17.7 Å². The Morgan fingerprint density at radius 3 is 2.67 bits per heavy atom. The SMILES string of the molecule is CCCCS[C@@H](CO)C[S@](=O)Cc1ccccc1. The third kappa shape index (κ3) is 6.57. The molecule has 0 aromatic heterocycles. The van der Waals surface area contributed by atoms with Crippen LogP contribution in [0.15, 0.2) is 30.3 Å². The van der Waals surface area contributed by atoms with Crippen LogP contribution in [0.1, 0.15) is 25.3 Å². The summed E-state index contributed by atoms with van der Waals surface area (Å²) in [6.07, 6.45) is 2.32. The molecule has 0 aliphatic rings. The number of hydrogen-bond acceptors (Lipinski definition) is 3. The average molecular weight is 286 g/mol. The molecule has 0 radical (unpaired) electrons. The van der Waals surface area contributed by atoms with Gasteiger partial charge in [0.05, 0.1) is 6.61 Å². The molecule has 0 heterocycles. The van der Waals surface area contributed by atoms with E-state index in [9.17, 15) is 9.32 Å². The normalized spacial score (nSPS) is 14.3. The van der Waals surface area contributed by atoms with Crippen molar-refractivity contribution >= 4 is 22.6 Å². The molecule has 1 aromatic rings. The molecule has 1 N–H and O–H groups in total. The first-order valence-corrected chi connectivity index (χ1v) is 8.91. The molecule has 2 nitrogen and oxygen atoms in total. The van der Waals surface area contributed by atoms with Gasteiger partial charge in [0.25, 0.3) is 0 Å². The van der Waals surface area contributed by atoms with Gasteiger partial charge in [0, 0.05) is 27.6 Å². The highest BCUT2D eigenvalue weighted by Crippen LogP contribution is 2.15. The van der Waals surface area contributed by atoms with Crippen molar-refractivity contribution in [1.82, 2.24) is 0 Å². The van der Waals surface area contributed by atoms with Gasteiger partial charge < -0.3 is 5.11 Å². The molecule has 0 unspecified atom stereocenters. The Morgan fingerprint density at radius 2 is 2.06 bits per heavy atom. The van der Waals surface area contributed by atoms with Crippen molar-refractivity contribution in [3.63, 3.8) is 0 Å². The van der Waals surface area contributed by atoms with E-state index >= 15 is 0 Å². The second-order valence-electron chi connectivity index (χ2n) is 4.27. The minimum atomic E-state index is -0.887. The second kappa shape index (κ2) is 9.59. The number of hydrogen-bond donors (Lipinski definition) is 1. The van der Waals surface area contributed by atoms with E-state index in [1.54, 1.807) is 11.8 Å². The minimum Gasteiger partial charge on any atom is -0.395 e. The highest BCUT2D eigenvalue weighted by Gasteiger charge is 2.12. The highest BCUT2D eigenvalue weighted by atomic mass is 32.2. The quantitative estimate of drug-likeness (QED) is 0.709. The zero-order chi connectivity index (χ0) is 13.2. The van der Waals surface area contributed by atoms with Crippen LogP contribution in [0, 0.1) is 0 Å². The molecule has 0 amide bonds. The number of thioether (sulfide) groups is 1. The molecule has 0 saturated heterocycles. The highest BCUT2D eigenvalue weighted by molar-refractivity contribution is 8.00. The molecular formula is C14H22O2S2. The number of rotatable bonds is 9. The molecule has 0 aliphatic carbocycles. The molecule has 102 valence electrons. The first kappa shape index (κ1) is 15.7. The summed E-state index contributed by atoms with van der Waals surface area (Å²) in [5.74, 6) is 2.22. The monoisotopic (exact) mass is 286 g/mol. The molecule has 18 heavy (non-hydrogen) atoms. The number of aliphatic hydroxyl groups excluding tert-OH is 1. The van der Waals surface area contributed by atoms with Crippen molar-refractivity contribution in [2.75, 3.05) is 18.1 Å². The van der Waals surface area contributed by atoms with E-state index in [2.05, 4.69) is 6.92 Å². The minimum absolute atomic E-state index is 0.112. The maximum atomic E-state index is 12.0. The van der Waals surface area contributed by atoms with Gasteiger partial charge in [-0.3, -0.25) is 4.21 Å². The fourth-order valence-corrected chi connectivity index (χ4v) is 4.51. The fraction of sp³-hybridized carbons (Fsp3) is 0.571. The van der Waals surface area contributed by atoms with Crippen molar-refractivity contribution in [2.24, 2.45) is 0 Å². The van der Waals surface area contributed by atoms with Crippen LogP contribution in [0.3, 0.4) is 0 Å². The van der Waals surface area contributed by atoms with E-state index < -0.39 is 10.8 Å². The molecule has 0 bridgehead atoms. The summed E-state index contributed by atoms with van der Waals surface area (Å²) in [5, 5.41) is 9.40. The van der Waals surface area contributed by atoms with Gasteiger partial charge >= 0.3 is 0 Å². The number of aliphatic hydroxyl groups is 1. The van der Waals surface area contributed by atoms with Crippen LogP contribution in [-0.2, 0) is 16.6 Å². The molecule has 0 fully saturated rings. The van der Waals surface area contributed by atoms with Crippen LogP contribution in [0.2, 0.25) is 0 Å². The summed E-state index contributed by atoms with van der Waals surface area (Å²) >= 11 is 1.74. The standard InChI is InChI=1S/C14H22O2S2/c1-2-3-9-17-14(10-15)12-18(16)11-13-7-5-4-6-8-13/h4-8,14-15H,2-3,9-12H2,1H3/t14-,18+/m0/s1. The Balaban J connectivity index is 2.33. The molecule has 1 aromatic carbocycles. The van der Waals surface area contributed by atoms with Gasteiger partial charge in [-0.1, -0.05) is 43.7 Å². The Bertz CT molecular complexity index is 341. The van der Waals surface area contributed by atoms with Crippen LogP contribution in [0.5, 0.6) is 0 Å². The third-order valence-corrected chi connectivity index (χ3v) is 5.55. The van der Waals surface area contributed by atoms with E-state index in [-0.39, 0.29) is 11.9 Å². The van der Waals surface area contributed by atoms with Crippen molar-refractivity contribution in [2.45, 2.75) is 30.8 Å². The van der Waals surface area contributed by atoms with Crippen LogP contribution in [0.25, 0.3) is 0 Å². The van der Waals surface area contributed by atoms with Crippen molar-refractivity contribution < 1.29 is 9.32 Å². The summed E-state index contributed by atoms with van der Waals surface area (Å²) in [5.41, 5.74) is 1.10. The lowest BCUT2D eigenvalue weighted by Gasteiger charge is -2.13. The van der Waals surface area contributed by atoms with Gasteiger partial charge in [-0.15, -0.1) is 0 Å². The van der Waals surface area contributed by atoms with Crippen LogP contribution in [0.4, 0.5) is 0 Å². The zero-order valence-corrected chi connectivity index (χ0v) is 12.5. The second-order valence-corrected chi connectivity index (χ2v) is 7.18. The number of unbranched alkanes of at least 4 members (excludes halogenated alkanes) is 1. The molecular weight excluding hydrogens is 264 g/mol. The number of benzene rings is 1. The van der Waals surface area contributed by atoms with Crippen molar-refractivity contribution in [3.05, 3.63) is 35.9 Å². The Labute approximate surface area is 117 Å². The van der Waals surface area contributed by atoms with Crippen LogP contribution >= 0.6 is 11.8 Å². The predicted molar refractivity (Wildman–Crippen MR) is 81.4 cm³/mol. The van der Waals surface area contributed by atoms with Gasteiger partial charge in [0.2, 0.25) is 0 Å². The Kier molecular flexibility index (Phi) is 8.38. The molecule has 4 heteroatoms. The van der Waals surface area contributed by atoms with E-state index in [1.807, 2.05) is 30.3 Å². The molecule has 0 spiro atoms. The van der Waals surface area contributed by atoms with Crippen LogP contribution in [-0.4, -0.2) is 32.7 Å². The molecule has 0 saturated carbocycles. The Morgan fingerprint density at radius 1 is 1.33 bits per heavy atom. The maximum absolute atomic E-state index is 12.0. The fourth-order valence-electron chi connectivity index (χ4n) is 1.57. The van der Waals surface area contributed by atoms with Gasteiger partial charge in [-0.25, -0.2) is 0 Å². The molecule has 1 rings (SSSR count). The first-order valence-electron chi connectivity index (χ1n) is 6.37. The first-order chi connectivity index (χ1) is 8.76. The largest absolute Gasteiger partial charge is 0.395 e. The summed E-state index contributed by atoms with van der Waals surface area (Å²) in [4.78, 5) is 0. The van der Waals surface area contributed by atoms with E-state index in [4.69, 9.17) is 0 Å². The summed E-state index contributed by atoms with van der Waals surface area (Å²) < 4.78 is 12.0. The summed E-state index contributed by atoms with van der Waals surface area (Å²) in [6, 6.07) is 9.88. The lowest BCUT2D eigenvalue weighted by Crippen LogP contribution is -2.19. The summed E-state index contributed by atoms with van der Waals surface area (Å²) in [7, 11) is -0.887. The maximum Gasteiger partial charge on any atom is 0.0558 e.